The number of halogens is 1. The quantitative estimate of drug-likeness (QED) is 0.242. The summed E-state index contributed by atoms with van der Waals surface area (Å²) in [7, 11) is 3.00. The number of benzene rings is 2. The molecule has 188 valence electrons. The van der Waals surface area contributed by atoms with Gasteiger partial charge in [0, 0.05) is 11.4 Å². The smallest absolute Gasteiger partial charge is 0.363 e. The van der Waals surface area contributed by atoms with E-state index < -0.39 is 16.7 Å². The number of hydrogen-bond donors (Lipinski definition) is 0. The molecule has 0 aromatic heterocycles. The molecule has 10 nitrogen and oxygen atoms in total. The van der Waals surface area contributed by atoms with Gasteiger partial charge in [0.2, 0.25) is 5.90 Å². The van der Waals surface area contributed by atoms with Crippen LogP contribution < -0.4 is 9.47 Å². The second kappa shape index (κ2) is 9.53. The third-order valence-electron chi connectivity index (χ3n) is 6.52. The van der Waals surface area contributed by atoms with E-state index in [0.29, 0.717) is 49.0 Å². The number of fused-ring (bicyclic) bond motifs is 2. The Morgan fingerprint density at radius 2 is 2.00 bits per heavy atom. The van der Waals surface area contributed by atoms with Crippen LogP contribution in [0.15, 0.2) is 47.1 Å². The number of nitro benzene ring substituents is 1. The monoisotopic (exact) mass is 514 g/mol. The van der Waals surface area contributed by atoms with Crippen molar-refractivity contribution in [2.45, 2.75) is 25.0 Å². The number of carbonyl (C=O) groups excluding carboxylic acids is 1. The molecule has 1 aliphatic carbocycles. The topological polar surface area (TPSA) is 119 Å². The molecule has 2 aliphatic heterocycles. The Morgan fingerprint density at radius 1 is 1.22 bits per heavy atom. The summed E-state index contributed by atoms with van der Waals surface area (Å²) in [5, 5.41) is 12.1. The van der Waals surface area contributed by atoms with Crippen molar-refractivity contribution < 1.29 is 33.4 Å². The first kappa shape index (κ1) is 24.2. The number of aliphatic imine (C=N–C) groups is 1. The number of hydrogen-bond acceptors (Lipinski definition) is 9. The molecule has 1 saturated heterocycles. The molecule has 0 saturated carbocycles. The van der Waals surface area contributed by atoms with Crippen LogP contribution in [0.2, 0.25) is 5.02 Å². The summed E-state index contributed by atoms with van der Waals surface area (Å²) in [6, 6.07) is 7.83. The summed E-state index contributed by atoms with van der Waals surface area (Å²) in [5.41, 5.74) is 1.60. The third kappa shape index (κ3) is 4.21. The van der Waals surface area contributed by atoms with Gasteiger partial charge in [0.15, 0.2) is 5.79 Å². The van der Waals surface area contributed by atoms with Crippen molar-refractivity contribution in [1.82, 2.24) is 0 Å². The molecule has 0 radical (unpaired) electrons. The minimum Gasteiger partial charge on any atom is -0.497 e. The fourth-order valence-electron chi connectivity index (χ4n) is 4.93. The van der Waals surface area contributed by atoms with E-state index in [9.17, 15) is 14.9 Å². The van der Waals surface area contributed by atoms with Gasteiger partial charge in [-0.15, -0.1) is 0 Å². The van der Waals surface area contributed by atoms with Crippen LogP contribution in [0, 0.1) is 16.0 Å². The van der Waals surface area contributed by atoms with Crippen LogP contribution in [0.25, 0.3) is 0 Å². The maximum absolute atomic E-state index is 12.5. The SMILES string of the molecule is COc1ccc(C2=NC(=CCC3Cc4c(Cl)ccc(OC)c4C4(C3)OCCO4)C(=O)O2)c([N+](=O)[O-])c1. The van der Waals surface area contributed by atoms with E-state index >= 15 is 0 Å². The first-order valence-corrected chi connectivity index (χ1v) is 11.7. The van der Waals surface area contributed by atoms with Crippen molar-refractivity contribution in [3.63, 3.8) is 0 Å². The Balaban J connectivity index is 1.43. The zero-order chi connectivity index (χ0) is 25.4. The molecule has 1 unspecified atom stereocenters. The van der Waals surface area contributed by atoms with Crippen molar-refractivity contribution in [1.29, 1.82) is 0 Å². The lowest BCUT2D eigenvalue weighted by Crippen LogP contribution is -2.36. The molecule has 1 fully saturated rings. The van der Waals surface area contributed by atoms with Crippen LogP contribution in [0.5, 0.6) is 11.5 Å². The van der Waals surface area contributed by atoms with Gasteiger partial charge in [0.25, 0.3) is 5.69 Å². The Bertz CT molecular complexity index is 1300. The van der Waals surface area contributed by atoms with Gasteiger partial charge >= 0.3 is 5.97 Å². The maximum atomic E-state index is 12.5. The van der Waals surface area contributed by atoms with Gasteiger partial charge < -0.3 is 23.7 Å². The zero-order valence-corrected chi connectivity index (χ0v) is 20.4. The molecule has 2 heterocycles. The molecule has 2 aromatic carbocycles. The van der Waals surface area contributed by atoms with Gasteiger partial charge in [-0.2, -0.15) is 0 Å². The van der Waals surface area contributed by atoms with Crippen molar-refractivity contribution >= 4 is 29.2 Å². The van der Waals surface area contributed by atoms with Gasteiger partial charge in [0.1, 0.15) is 22.8 Å². The van der Waals surface area contributed by atoms with Crippen LogP contribution in [-0.4, -0.2) is 44.2 Å². The molecule has 0 N–H and O–H groups in total. The van der Waals surface area contributed by atoms with Crippen LogP contribution in [0.1, 0.15) is 29.5 Å². The second-order valence-electron chi connectivity index (χ2n) is 8.60. The van der Waals surface area contributed by atoms with E-state index in [1.807, 2.05) is 0 Å². The molecule has 36 heavy (non-hydrogen) atoms. The molecule has 1 spiro atoms. The largest absolute Gasteiger partial charge is 0.497 e. The van der Waals surface area contributed by atoms with E-state index in [1.54, 1.807) is 31.4 Å². The van der Waals surface area contributed by atoms with Crippen LogP contribution >= 0.6 is 11.6 Å². The zero-order valence-electron chi connectivity index (χ0n) is 19.6. The Kier molecular flexibility index (Phi) is 6.42. The molecule has 0 amide bonds. The van der Waals surface area contributed by atoms with Crippen molar-refractivity contribution in [2.24, 2.45) is 10.9 Å². The van der Waals surface area contributed by atoms with Crippen LogP contribution in [-0.2, 0) is 31.2 Å². The van der Waals surface area contributed by atoms with Crippen molar-refractivity contribution in [3.8, 4) is 11.5 Å². The van der Waals surface area contributed by atoms with Gasteiger partial charge in [0.05, 0.1) is 44.0 Å². The number of carbonyl (C=O) groups is 1. The fraction of sp³-hybridized carbons (Fsp3) is 0.360. The maximum Gasteiger partial charge on any atom is 0.363 e. The highest BCUT2D eigenvalue weighted by atomic mass is 35.5. The van der Waals surface area contributed by atoms with Gasteiger partial charge in [-0.05, 0) is 48.6 Å². The number of rotatable bonds is 6. The Hall–Kier alpha value is -3.47. The van der Waals surface area contributed by atoms with Gasteiger partial charge in [-0.1, -0.05) is 17.7 Å². The summed E-state index contributed by atoms with van der Waals surface area (Å²) in [5.74, 6) is -0.779. The second-order valence-corrected chi connectivity index (χ2v) is 9.01. The summed E-state index contributed by atoms with van der Waals surface area (Å²) in [6.45, 7) is 0.896. The number of nitrogens with zero attached hydrogens (tertiary/aromatic N) is 2. The van der Waals surface area contributed by atoms with Gasteiger partial charge in [-0.25, -0.2) is 9.79 Å². The van der Waals surface area contributed by atoms with Crippen LogP contribution in [0.3, 0.4) is 0 Å². The van der Waals surface area contributed by atoms with E-state index in [2.05, 4.69) is 4.99 Å². The lowest BCUT2D eigenvalue weighted by atomic mass is 9.77. The number of methoxy groups -OCH3 is 2. The minimum absolute atomic E-state index is 0.0232. The number of cyclic esters (lactones) is 1. The van der Waals surface area contributed by atoms with E-state index in [4.69, 9.17) is 35.3 Å². The molecule has 3 aliphatic rings. The summed E-state index contributed by atoms with van der Waals surface area (Å²) >= 11 is 6.56. The number of esters is 1. The molecular weight excluding hydrogens is 492 g/mol. The minimum atomic E-state index is -0.971. The highest BCUT2D eigenvalue weighted by Crippen LogP contribution is 2.50. The summed E-state index contributed by atoms with van der Waals surface area (Å²) < 4.78 is 28.1. The highest BCUT2D eigenvalue weighted by Gasteiger charge is 2.48. The molecule has 11 heteroatoms. The summed E-state index contributed by atoms with van der Waals surface area (Å²) in [6.07, 6.45) is 3.31. The first-order valence-electron chi connectivity index (χ1n) is 11.3. The average Bonchev–Trinajstić information content (AvgIpc) is 3.49. The first-order chi connectivity index (χ1) is 17.3. The number of allylic oxidation sites excluding steroid dienone is 1. The van der Waals surface area contributed by atoms with Crippen LogP contribution in [0.4, 0.5) is 5.69 Å². The predicted molar refractivity (Wildman–Crippen MR) is 128 cm³/mol. The summed E-state index contributed by atoms with van der Waals surface area (Å²) in [4.78, 5) is 27.7. The molecule has 5 rings (SSSR count). The predicted octanol–water partition coefficient (Wildman–Crippen LogP) is 4.31. The van der Waals surface area contributed by atoms with E-state index in [1.165, 1.54) is 19.2 Å². The van der Waals surface area contributed by atoms with Crippen molar-refractivity contribution in [3.05, 3.63) is 73.9 Å². The van der Waals surface area contributed by atoms with E-state index in [-0.39, 0.29) is 28.8 Å². The lowest BCUT2D eigenvalue weighted by Gasteiger charge is -2.39. The third-order valence-corrected chi connectivity index (χ3v) is 6.87. The highest BCUT2D eigenvalue weighted by molar-refractivity contribution is 6.31. The van der Waals surface area contributed by atoms with Crippen molar-refractivity contribution in [2.75, 3.05) is 27.4 Å². The molecule has 2 aromatic rings. The average molecular weight is 515 g/mol. The Morgan fingerprint density at radius 3 is 2.69 bits per heavy atom. The molecule has 0 bridgehead atoms. The van der Waals surface area contributed by atoms with E-state index in [0.717, 1.165) is 11.1 Å². The number of ether oxygens (including phenoxy) is 5. The number of nitro groups is 1. The normalized spacial score (nSPS) is 21.3. The Labute approximate surface area is 211 Å². The lowest BCUT2D eigenvalue weighted by molar-refractivity contribution is -0.385. The standard InChI is InChI=1S/C25H23ClN2O8/c1-32-15-4-5-16(20(12-15)28(30)31)23-27-19(24(29)36-23)7-3-14-11-17-18(26)6-8-21(33-2)22(17)25(13-14)34-9-10-35-25/h4-8,12,14H,3,9-11,13H2,1-2H3. The fourth-order valence-corrected chi connectivity index (χ4v) is 5.16. The molecule has 1 atom stereocenters. The molecular formula is C25H23ClN2O8. The van der Waals surface area contributed by atoms with Gasteiger partial charge in [-0.3, -0.25) is 10.1 Å².